The molecular formula is C18H35N2+. The Kier molecular flexibility index (Phi) is 8.64. The van der Waals surface area contributed by atoms with Gasteiger partial charge in [0, 0.05) is 6.42 Å². The second kappa shape index (κ2) is 10.0. The van der Waals surface area contributed by atoms with E-state index in [0.29, 0.717) is 6.04 Å². The van der Waals surface area contributed by atoms with E-state index in [1.165, 1.54) is 70.2 Å². The quantitative estimate of drug-likeness (QED) is 0.395. The number of nitrogens with zero attached hydrogens (tertiary/aromatic N) is 2. The number of unbranched alkanes of at least 4 members (excludes halogenated alkanes) is 6. The molecule has 2 nitrogen and oxygen atoms in total. The van der Waals surface area contributed by atoms with Crippen LogP contribution in [0.4, 0.5) is 0 Å². The van der Waals surface area contributed by atoms with Crippen LogP contribution in [0.25, 0.3) is 0 Å². The minimum atomic E-state index is 0.577. The minimum Gasteiger partial charge on any atom is -0.234 e. The monoisotopic (exact) mass is 279 g/mol. The van der Waals surface area contributed by atoms with Crippen molar-refractivity contribution in [2.45, 2.75) is 98.1 Å². The smallest absolute Gasteiger partial charge is 0.234 e. The second-order valence-corrected chi connectivity index (χ2v) is 6.28. The van der Waals surface area contributed by atoms with E-state index in [9.17, 15) is 0 Å². The third-order valence-corrected chi connectivity index (χ3v) is 4.10. The second-order valence-electron chi connectivity index (χ2n) is 6.28. The molecule has 116 valence electrons. The molecule has 1 heterocycles. The highest BCUT2D eigenvalue weighted by molar-refractivity contribution is 4.86. The van der Waals surface area contributed by atoms with Crippen LogP contribution in [0.1, 0.15) is 90.9 Å². The van der Waals surface area contributed by atoms with E-state index in [1.807, 2.05) is 0 Å². The molecule has 20 heavy (non-hydrogen) atoms. The number of hydrogen-bond acceptors (Lipinski definition) is 0. The van der Waals surface area contributed by atoms with Gasteiger partial charge in [-0.25, -0.2) is 9.13 Å². The standard InChI is InChI=1S/C18H35N2/c1-5-7-9-10-11-13-18-19(14-12-8-6-2)15-16-20(18)17(3)4/h15-17H,5-14H2,1-4H3/q+1. The predicted molar refractivity (Wildman–Crippen MR) is 87.0 cm³/mol. The van der Waals surface area contributed by atoms with Crippen molar-refractivity contribution in [2.24, 2.45) is 0 Å². The Morgan fingerprint density at radius 3 is 2.25 bits per heavy atom. The molecule has 0 saturated carbocycles. The number of aryl methyl sites for hydroxylation is 1. The summed E-state index contributed by atoms with van der Waals surface area (Å²) in [6, 6.07) is 0.577. The van der Waals surface area contributed by atoms with Gasteiger partial charge in [-0.05, 0) is 33.1 Å². The van der Waals surface area contributed by atoms with Gasteiger partial charge >= 0.3 is 0 Å². The van der Waals surface area contributed by atoms with Gasteiger partial charge in [-0.15, -0.1) is 0 Å². The third-order valence-electron chi connectivity index (χ3n) is 4.10. The maximum Gasteiger partial charge on any atom is 0.256 e. The first kappa shape index (κ1) is 17.3. The van der Waals surface area contributed by atoms with E-state index in [4.69, 9.17) is 0 Å². The molecule has 0 unspecified atom stereocenters. The van der Waals surface area contributed by atoms with Gasteiger partial charge in [0.15, 0.2) is 0 Å². The molecule has 0 fully saturated rings. The summed E-state index contributed by atoms with van der Waals surface area (Å²) in [5.74, 6) is 1.53. The Labute approximate surface area is 126 Å². The molecule has 1 aromatic heterocycles. The third kappa shape index (κ3) is 5.68. The summed E-state index contributed by atoms with van der Waals surface area (Å²) >= 11 is 0. The molecule has 0 aliphatic heterocycles. The van der Waals surface area contributed by atoms with Crippen LogP contribution in [0.15, 0.2) is 12.4 Å². The Morgan fingerprint density at radius 2 is 1.60 bits per heavy atom. The summed E-state index contributed by atoms with van der Waals surface area (Å²) in [5.41, 5.74) is 0. The average molecular weight is 279 g/mol. The van der Waals surface area contributed by atoms with Crippen molar-refractivity contribution in [1.29, 1.82) is 0 Å². The number of hydrogen-bond donors (Lipinski definition) is 0. The van der Waals surface area contributed by atoms with Gasteiger partial charge in [-0.2, -0.15) is 0 Å². The van der Waals surface area contributed by atoms with Gasteiger partial charge in [0.05, 0.1) is 12.6 Å². The van der Waals surface area contributed by atoms with Crippen LogP contribution >= 0.6 is 0 Å². The maximum absolute atomic E-state index is 2.50. The van der Waals surface area contributed by atoms with Crippen LogP contribution in [0.5, 0.6) is 0 Å². The molecule has 0 aliphatic rings. The topological polar surface area (TPSA) is 8.81 Å². The first-order valence-electron chi connectivity index (χ1n) is 8.79. The summed E-state index contributed by atoms with van der Waals surface area (Å²) < 4.78 is 4.96. The number of imidazole rings is 1. The van der Waals surface area contributed by atoms with Gasteiger partial charge in [0.1, 0.15) is 12.4 Å². The Morgan fingerprint density at radius 1 is 0.950 bits per heavy atom. The largest absolute Gasteiger partial charge is 0.256 e. The predicted octanol–water partition coefficient (Wildman–Crippen LogP) is 5.06. The highest BCUT2D eigenvalue weighted by atomic mass is 15.2. The normalized spacial score (nSPS) is 11.4. The fourth-order valence-corrected chi connectivity index (χ4v) is 2.84. The van der Waals surface area contributed by atoms with E-state index in [0.717, 1.165) is 0 Å². The molecule has 0 atom stereocenters. The lowest BCUT2D eigenvalue weighted by Crippen LogP contribution is -2.37. The van der Waals surface area contributed by atoms with E-state index in [2.05, 4.69) is 49.2 Å². The zero-order valence-electron chi connectivity index (χ0n) is 14.2. The maximum atomic E-state index is 2.50. The fraction of sp³-hybridized carbons (Fsp3) is 0.833. The van der Waals surface area contributed by atoms with Crippen molar-refractivity contribution < 1.29 is 4.57 Å². The molecule has 1 aromatic rings. The highest BCUT2D eigenvalue weighted by Gasteiger charge is 2.18. The molecule has 0 saturated heterocycles. The molecular weight excluding hydrogens is 244 g/mol. The lowest BCUT2D eigenvalue weighted by Gasteiger charge is -2.08. The van der Waals surface area contributed by atoms with Crippen LogP contribution in [-0.4, -0.2) is 4.57 Å². The van der Waals surface area contributed by atoms with Crippen molar-refractivity contribution in [2.75, 3.05) is 0 Å². The summed E-state index contributed by atoms with van der Waals surface area (Å²) in [4.78, 5) is 0. The van der Waals surface area contributed by atoms with Crippen LogP contribution < -0.4 is 4.57 Å². The zero-order chi connectivity index (χ0) is 14.8. The SMILES string of the molecule is CCCCCCCc1n(C(C)C)cc[n+]1CCCCC. The van der Waals surface area contributed by atoms with Crippen molar-refractivity contribution in [1.82, 2.24) is 4.57 Å². The van der Waals surface area contributed by atoms with Gasteiger partial charge in [-0.3, -0.25) is 0 Å². The van der Waals surface area contributed by atoms with E-state index < -0.39 is 0 Å². The van der Waals surface area contributed by atoms with Crippen LogP contribution in [0.2, 0.25) is 0 Å². The molecule has 0 aromatic carbocycles. The van der Waals surface area contributed by atoms with Crippen molar-refractivity contribution in [3.63, 3.8) is 0 Å². The van der Waals surface area contributed by atoms with Crippen molar-refractivity contribution >= 4 is 0 Å². The summed E-state index contributed by atoms with van der Waals surface area (Å²) in [5, 5.41) is 0. The Balaban J connectivity index is 2.56. The average Bonchev–Trinajstić information content (AvgIpc) is 2.82. The molecule has 2 heteroatoms. The molecule has 0 radical (unpaired) electrons. The van der Waals surface area contributed by atoms with Crippen LogP contribution in [0, 0.1) is 0 Å². The van der Waals surface area contributed by atoms with Gasteiger partial charge < -0.3 is 0 Å². The lowest BCUT2D eigenvalue weighted by molar-refractivity contribution is -0.704. The van der Waals surface area contributed by atoms with Crippen LogP contribution in [-0.2, 0) is 13.0 Å². The highest BCUT2D eigenvalue weighted by Crippen LogP contribution is 2.12. The molecule has 0 amide bonds. The molecule has 0 aliphatic carbocycles. The minimum absolute atomic E-state index is 0.577. The molecule has 0 bridgehead atoms. The van der Waals surface area contributed by atoms with Gasteiger partial charge in [0.25, 0.3) is 5.82 Å². The molecule has 0 spiro atoms. The van der Waals surface area contributed by atoms with E-state index in [-0.39, 0.29) is 0 Å². The fourth-order valence-electron chi connectivity index (χ4n) is 2.84. The summed E-state index contributed by atoms with van der Waals surface area (Å²) in [7, 11) is 0. The van der Waals surface area contributed by atoms with Gasteiger partial charge in [-0.1, -0.05) is 46.0 Å². The van der Waals surface area contributed by atoms with Crippen LogP contribution in [0.3, 0.4) is 0 Å². The number of rotatable bonds is 11. The van der Waals surface area contributed by atoms with Crippen molar-refractivity contribution in [3.05, 3.63) is 18.2 Å². The first-order valence-corrected chi connectivity index (χ1v) is 8.79. The lowest BCUT2D eigenvalue weighted by atomic mass is 10.1. The zero-order valence-corrected chi connectivity index (χ0v) is 14.2. The van der Waals surface area contributed by atoms with E-state index >= 15 is 0 Å². The summed E-state index contributed by atoms with van der Waals surface area (Å²) in [6.07, 6.45) is 16.6. The summed E-state index contributed by atoms with van der Waals surface area (Å²) in [6.45, 7) is 10.3. The molecule has 0 N–H and O–H groups in total. The molecule has 1 rings (SSSR count). The Bertz CT molecular complexity index is 352. The van der Waals surface area contributed by atoms with Gasteiger partial charge in [0.2, 0.25) is 0 Å². The first-order chi connectivity index (χ1) is 9.70. The van der Waals surface area contributed by atoms with Crippen molar-refractivity contribution in [3.8, 4) is 0 Å². The Hall–Kier alpha value is -0.790. The number of aromatic nitrogens is 2. The van der Waals surface area contributed by atoms with E-state index in [1.54, 1.807) is 0 Å².